The van der Waals surface area contributed by atoms with Gasteiger partial charge in [0, 0.05) is 24.3 Å². The van der Waals surface area contributed by atoms with E-state index in [4.69, 9.17) is 9.15 Å². The van der Waals surface area contributed by atoms with Crippen LogP contribution in [0, 0.1) is 5.92 Å². The van der Waals surface area contributed by atoms with Gasteiger partial charge in [-0.25, -0.2) is 0 Å². The first-order chi connectivity index (χ1) is 13.3. The molecule has 1 aromatic heterocycles. The second kappa shape index (κ2) is 7.82. The maximum atomic E-state index is 12.8. The summed E-state index contributed by atoms with van der Waals surface area (Å²) in [5.41, 5.74) is 0.589. The largest absolute Gasteiger partial charge is 0.508 e. The summed E-state index contributed by atoms with van der Waals surface area (Å²) >= 11 is 0. The fourth-order valence-corrected chi connectivity index (χ4v) is 3.06. The highest BCUT2D eigenvalue weighted by molar-refractivity contribution is 5.88. The molecule has 0 saturated heterocycles. The number of hydrogen-bond acceptors (Lipinski definition) is 7. The Balaban J connectivity index is 2.16. The van der Waals surface area contributed by atoms with Gasteiger partial charge >= 0.3 is 0 Å². The Morgan fingerprint density at radius 2 is 1.86 bits per heavy atom. The number of aliphatic hydroxyl groups excluding tert-OH is 1. The van der Waals surface area contributed by atoms with Crippen molar-refractivity contribution in [1.82, 2.24) is 0 Å². The number of rotatable bonds is 6. The summed E-state index contributed by atoms with van der Waals surface area (Å²) in [6.07, 6.45) is 1.21. The van der Waals surface area contributed by atoms with Crippen LogP contribution in [0.25, 0.3) is 22.3 Å². The zero-order valence-corrected chi connectivity index (χ0v) is 15.6. The maximum Gasteiger partial charge on any atom is 0.239 e. The van der Waals surface area contributed by atoms with Crippen LogP contribution in [0.3, 0.4) is 0 Å². The molecule has 3 aromatic rings. The average Bonchev–Trinajstić information content (AvgIpc) is 2.66. The minimum atomic E-state index is -0.570. The van der Waals surface area contributed by atoms with Crippen molar-refractivity contribution in [2.24, 2.45) is 5.92 Å². The van der Waals surface area contributed by atoms with Gasteiger partial charge in [0.15, 0.2) is 5.76 Å². The number of aryl methyl sites for hydroxylation is 1. The van der Waals surface area contributed by atoms with Crippen molar-refractivity contribution < 1.29 is 29.6 Å². The molecule has 0 saturated carbocycles. The smallest absolute Gasteiger partial charge is 0.239 e. The fourth-order valence-electron chi connectivity index (χ4n) is 3.06. The molecule has 1 heterocycles. The van der Waals surface area contributed by atoms with E-state index in [0.717, 1.165) is 6.07 Å². The number of benzene rings is 2. The van der Waals surface area contributed by atoms with Gasteiger partial charge < -0.3 is 29.6 Å². The Bertz CT molecular complexity index is 1070. The number of aromatic hydroxyl groups is 3. The minimum absolute atomic E-state index is 0.0156. The maximum absolute atomic E-state index is 12.8. The zero-order valence-electron chi connectivity index (χ0n) is 15.6. The van der Waals surface area contributed by atoms with Gasteiger partial charge in [0.1, 0.15) is 28.2 Å². The Morgan fingerprint density at radius 1 is 1.11 bits per heavy atom. The van der Waals surface area contributed by atoms with Gasteiger partial charge in [0.05, 0.1) is 7.11 Å². The molecule has 0 fully saturated rings. The van der Waals surface area contributed by atoms with Crippen molar-refractivity contribution >= 4 is 11.0 Å². The lowest BCUT2D eigenvalue weighted by molar-refractivity contribution is 0.230. The molecule has 28 heavy (non-hydrogen) atoms. The number of methoxy groups -OCH3 is 1. The summed E-state index contributed by atoms with van der Waals surface area (Å²) in [5.74, 6) is -0.421. The second-order valence-electron chi connectivity index (χ2n) is 6.80. The number of hydrogen-bond donors (Lipinski definition) is 4. The van der Waals surface area contributed by atoms with Crippen LogP contribution >= 0.6 is 0 Å². The predicted octanol–water partition coefficient (Wildman–Crippen LogP) is 3.15. The number of aliphatic hydroxyl groups is 1. The highest BCUT2D eigenvalue weighted by Crippen LogP contribution is 2.37. The van der Waals surface area contributed by atoms with Crippen LogP contribution in [0.2, 0.25) is 0 Å². The lowest BCUT2D eigenvalue weighted by Crippen LogP contribution is -2.08. The fraction of sp³-hybridized carbons (Fsp3) is 0.286. The van der Waals surface area contributed by atoms with Crippen molar-refractivity contribution in [1.29, 1.82) is 0 Å². The van der Waals surface area contributed by atoms with Gasteiger partial charge in [-0.1, -0.05) is 6.92 Å². The van der Waals surface area contributed by atoms with Gasteiger partial charge in [-0.15, -0.1) is 0 Å². The molecule has 1 unspecified atom stereocenters. The van der Waals surface area contributed by atoms with Crippen LogP contribution in [-0.4, -0.2) is 34.1 Å². The Labute approximate surface area is 161 Å². The summed E-state index contributed by atoms with van der Waals surface area (Å²) < 4.78 is 11.0. The van der Waals surface area contributed by atoms with Crippen molar-refractivity contribution in [3.63, 3.8) is 0 Å². The van der Waals surface area contributed by atoms with Gasteiger partial charge in [0.25, 0.3) is 0 Å². The molecule has 0 bridgehead atoms. The molecule has 0 aliphatic rings. The van der Waals surface area contributed by atoms with Crippen LogP contribution in [-0.2, 0) is 6.42 Å². The second-order valence-corrected chi connectivity index (χ2v) is 6.80. The van der Waals surface area contributed by atoms with E-state index in [1.807, 2.05) is 6.92 Å². The van der Waals surface area contributed by atoms with E-state index in [1.54, 1.807) is 12.1 Å². The minimum Gasteiger partial charge on any atom is -0.508 e. The first-order valence-electron chi connectivity index (χ1n) is 8.85. The van der Waals surface area contributed by atoms with Crippen molar-refractivity contribution in [2.45, 2.75) is 19.8 Å². The predicted molar refractivity (Wildman–Crippen MR) is 104 cm³/mol. The molecule has 148 valence electrons. The zero-order chi connectivity index (χ0) is 20.4. The monoisotopic (exact) mass is 386 g/mol. The van der Waals surface area contributed by atoms with E-state index in [1.165, 1.54) is 19.2 Å². The summed E-state index contributed by atoms with van der Waals surface area (Å²) in [4.78, 5) is 12.8. The molecule has 0 spiro atoms. The standard InChI is InChI=1S/C21H22O7/c1-11(10-22)3-4-12-7-13(5-6-15(12)24)20-21(27-2)19(26)18-16(25)8-14(23)9-17(18)28-20/h5-9,11,22-25H,3-4,10H2,1-2H3. The Morgan fingerprint density at radius 3 is 2.54 bits per heavy atom. The molecule has 0 aliphatic heterocycles. The molecule has 7 nitrogen and oxygen atoms in total. The van der Waals surface area contributed by atoms with E-state index in [-0.39, 0.29) is 46.5 Å². The van der Waals surface area contributed by atoms with Gasteiger partial charge in [0.2, 0.25) is 11.2 Å². The van der Waals surface area contributed by atoms with Crippen LogP contribution in [0.4, 0.5) is 0 Å². The molecule has 2 aromatic carbocycles. The molecular formula is C21H22O7. The van der Waals surface area contributed by atoms with Gasteiger partial charge in [-0.2, -0.15) is 0 Å². The highest BCUT2D eigenvalue weighted by Gasteiger charge is 2.20. The van der Waals surface area contributed by atoms with Crippen LogP contribution < -0.4 is 10.2 Å². The molecule has 4 N–H and O–H groups in total. The Hall–Kier alpha value is -3.19. The number of fused-ring (bicyclic) bond motifs is 1. The Kier molecular flexibility index (Phi) is 5.46. The molecule has 1 atom stereocenters. The third kappa shape index (κ3) is 3.61. The summed E-state index contributed by atoms with van der Waals surface area (Å²) in [7, 11) is 1.32. The third-order valence-electron chi connectivity index (χ3n) is 4.68. The van der Waals surface area contributed by atoms with E-state index < -0.39 is 11.2 Å². The molecule has 0 amide bonds. The van der Waals surface area contributed by atoms with Crippen LogP contribution in [0.1, 0.15) is 18.9 Å². The normalized spacial score (nSPS) is 12.2. The quantitative estimate of drug-likeness (QED) is 0.513. The average molecular weight is 386 g/mol. The van der Waals surface area contributed by atoms with E-state index in [0.29, 0.717) is 24.0 Å². The summed E-state index contributed by atoms with van der Waals surface area (Å²) in [5, 5.41) is 39.0. The van der Waals surface area contributed by atoms with Crippen molar-refractivity contribution in [2.75, 3.05) is 13.7 Å². The highest BCUT2D eigenvalue weighted by atomic mass is 16.5. The number of ether oxygens (including phenoxy) is 1. The summed E-state index contributed by atoms with van der Waals surface area (Å²) in [6, 6.07) is 7.07. The van der Waals surface area contributed by atoms with Gasteiger partial charge in [-0.3, -0.25) is 4.79 Å². The van der Waals surface area contributed by atoms with Crippen LogP contribution in [0.5, 0.6) is 23.0 Å². The first-order valence-corrected chi connectivity index (χ1v) is 8.85. The molecular weight excluding hydrogens is 364 g/mol. The number of phenols is 3. The van der Waals surface area contributed by atoms with Crippen molar-refractivity contribution in [3.8, 4) is 34.3 Å². The topological polar surface area (TPSA) is 120 Å². The summed E-state index contributed by atoms with van der Waals surface area (Å²) in [6.45, 7) is 1.96. The lowest BCUT2D eigenvalue weighted by Gasteiger charge is -2.13. The van der Waals surface area contributed by atoms with E-state index in [9.17, 15) is 25.2 Å². The number of phenolic OH excluding ortho intramolecular Hbond substituents is 3. The van der Waals surface area contributed by atoms with E-state index >= 15 is 0 Å². The SMILES string of the molecule is COc1c(-c2ccc(O)c(CCC(C)CO)c2)oc2cc(O)cc(O)c2c1=O. The molecule has 7 heteroatoms. The first kappa shape index (κ1) is 19.6. The van der Waals surface area contributed by atoms with Crippen molar-refractivity contribution in [3.05, 3.63) is 46.1 Å². The lowest BCUT2D eigenvalue weighted by atomic mass is 9.98. The third-order valence-corrected chi connectivity index (χ3v) is 4.68. The molecule has 0 aliphatic carbocycles. The molecule has 0 radical (unpaired) electrons. The van der Waals surface area contributed by atoms with Gasteiger partial charge in [-0.05, 0) is 42.5 Å². The van der Waals surface area contributed by atoms with Crippen LogP contribution in [0.15, 0.2) is 39.5 Å². The molecule has 3 rings (SSSR count). The van der Waals surface area contributed by atoms with E-state index in [2.05, 4.69) is 0 Å².